The minimum Gasteiger partial charge on any atom is -0.394 e. The number of ether oxygens (including phenoxy) is 4. The summed E-state index contributed by atoms with van der Waals surface area (Å²) >= 11 is 0. The largest absolute Gasteiger partial charge is 0.394 e. The van der Waals surface area contributed by atoms with Crippen molar-refractivity contribution >= 4 is 0 Å². The fraction of sp³-hybridized carbons (Fsp3) is 1.00. The molecule has 4 unspecified atom stereocenters. The topological polar surface area (TPSA) is 179 Å². The molecule has 7 N–H and O–H groups in total. The molecule has 0 aromatic heterocycles. The molecule has 11 nitrogen and oxygen atoms in total. The second-order valence-corrected chi connectivity index (χ2v) is 6.38. The fourth-order valence-electron chi connectivity index (χ4n) is 2.93. The Morgan fingerprint density at radius 1 is 0.731 bits per heavy atom. The lowest BCUT2D eigenvalue weighted by molar-refractivity contribution is -0.359. The van der Waals surface area contributed by atoms with Crippen molar-refractivity contribution in [3.8, 4) is 0 Å². The molecule has 11 heteroatoms. The third kappa shape index (κ3) is 4.51. The lowest BCUT2D eigenvalue weighted by Crippen LogP contribution is -2.64. The van der Waals surface area contributed by atoms with Gasteiger partial charge in [0.1, 0.15) is 48.8 Å². The summed E-state index contributed by atoms with van der Waals surface area (Å²) in [5.74, 6) is 0. The lowest BCUT2D eigenvalue weighted by atomic mass is 9.97. The van der Waals surface area contributed by atoms with E-state index < -0.39 is 74.6 Å². The number of hydrogen-bond donors (Lipinski definition) is 7. The van der Waals surface area contributed by atoms with Crippen molar-refractivity contribution < 1.29 is 54.7 Å². The van der Waals surface area contributed by atoms with Crippen LogP contribution in [0.3, 0.4) is 0 Å². The Balaban J connectivity index is 2.09. The molecule has 2 rings (SSSR count). The SMILES string of the molecule is CCCO[C@@H]1OC(CO)[C@@H](O[C@@H]2OC(CO)[C@@H](O)[C@H](O)C2O)[C@H](O)C1O. The Kier molecular flexibility index (Phi) is 8.12. The van der Waals surface area contributed by atoms with Crippen LogP contribution >= 0.6 is 0 Å². The van der Waals surface area contributed by atoms with Crippen LogP contribution in [0.1, 0.15) is 13.3 Å². The number of aliphatic hydroxyl groups excluding tert-OH is 7. The van der Waals surface area contributed by atoms with Crippen molar-refractivity contribution in [3.63, 3.8) is 0 Å². The summed E-state index contributed by atoms with van der Waals surface area (Å²) in [5.41, 5.74) is 0. The molecule has 0 aliphatic carbocycles. The first kappa shape index (κ1) is 21.9. The standard InChI is InChI=1S/C15H28O11/c1-2-3-23-14-12(22)10(20)13(7(5-17)25-14)26-15-11(21)9(19)8(18)6(4-16)24-15/h6-22H,2-5H2,1H3/t6?,7?,8-,9+,10-,11?,12?,13-,14-,15+/m1/s1. The molecule has 2 aliphatic heterocycles. The normalized spacial score (nSPS) is 47.1. The van der Waals surface area contributed by atoms with E-state index in [9.17, 15) is 35.7 Å². The van der Waals surface area contributed by atoms with Gasteiger partial charge in [-0.05, 0) is 6.42 Å². The van der Waals surface area contributed by atoms with Crippen LogP contribution in [0, 0.1) is 0 Å². The van der Waals surface area contributed by atoms with Crippen molar-refractivity contribution in [2.24, 2.45) is 0 Å². The van der Waals surface area contributed by atoms with E-state index in [0.717, 1.165) is 0 Å². The zero-order chi connectivity index (χ0) is 19.4. The van der Waals surface area contributed by atoms with Gasteiger partial charge in [0.25, 0.3) is 0 Å². The van der Waals surface area contributed by atoms with Crippen molar-refractivity contribution in [2.45, 2.75) is 74.8 Å². The van der Waals surface area contributed by atoms with Crippen LogP contribution in [0.2, 0.25) is 0 Å². The van der Waals surface area contributed by atoms with Gasteiger partial charge in [0.2, 0.25) is 0 Å². The average molecular weight is 384 g/mol. The molecule has 26 heavy (non-hydrogen) atoms. The first-order chi connectivity index (χ1) is 12.3. The Bertz CT molecular complexity index is 420. The van der Waals surface area contributed by atoms with Crippen LogP contribution < -0.4 is 0 Å². The molecule has 154 valence electrons. The van der Waals surface area contributed by atoms with Gasteiger partial charge < -0.3 is 54.7 Å². The van der Waals surface area contributed by atoms with Crippen LogP contribution in [0.4, 0.5) is 0 Å². The number of hydrogen-bond acceptors (Lipinski definition) is 11. The van der Waals surface area contributed by atoms with Gasteiger partial charge in [-0.3, -0.25) is 0 Å². The molecule has 10 atom stereocenters. The van der Waals surface area contributed by atoms with Crippen LogP contribution in [0.15, 0.2) is 0 Å². The van der Waals surface area contributed by atoms with Crippen LogP contribution in [0.25, 0.3) is 0 Å². The summed E-state index contributed by atoms with van der Waals surface area (Å²) in [4.78, 5) is 0. The molecule has 0 bridgehead atoms. The molecule has 0 radical (unpaired) electrons. The third-order valence-electron chi connectivity index (χ3n) is 4.45. The van der Waals surface area contributed by atoms with E-state index in [1.165, 1.54) is 0 Å². The second-order valence-electron chi connectivity index (χ2n) is 6.38. The Morgan fingerprint density at radius 2 is 1.31 bits per heavy atom. The second kappa shape index (κ2) is 9.66. The Hall–Kier alpha value is -0.440. The highest BCUT2D eigenvalue weighted by Gasteiger charge is 2.50. The molecule has 0 spiro atoms. The molecule has 0 aromatic rings. The predicted molar refractivity (Wildman–Crippen MR) is 82.6 cm³/mol. The van der Waals surface area contributed by atoms with Crippen molar-refractivity contribution in [2.75, 3.05) is 19.8 Å². The zero-order valence-corrected chi connectivity index (χ0v) is 14.4. The van der Waals surface area contributed by atoms with E-state index in [4.69, 9.17) is 18.9 Å². The maximum atomic E-state index is 10.3. The first-order valence-corrected chi connectivity index (χ1v) is 8.55. The van der Waals surface area contributed by atoms with E-state index >= 15 is 0 Å². The molecule has 0 saturated carbocycles. The summed E-state index contributed by atoms with van der Waals surface area (Å²) < 4.78 is 21.3. The summed E-state index contributed by atoms with van der Waals surface area (Å²) in [6, 6.07) is 0. The van der Waals surface area contributed by atoms with Gasteiger partial charge >= 0.3 is 0 Å². The molecule has 2 fully saturated rings. The van der Waals surface area contributed by atoms with Gasteiger partial charge in [0.05, 0.1) is 13.2 Å². The highest BCUT2D eigenvalue weighted by molar-refractivity contribution is 4.94. The van der Waals surface area contributed by atoms with Gasteiger partial charge in [-0.15, -0.1) is 0 Å². The molecule has 2 saturated heterocycles. The van der Waals surface area contributed by atoms with E-state index in [-0.39, 0.29) is 6.61 Å². The fourth-order valence-corrected chi connectivity index (χ4v) is 2.93. The average Bonchev–Trinajstić information content (AvgIpc) is 2.64. The first-order valence-electron chi connectivity index (χ1n) is 8.55. The van der Waals surface area contributed by atoms with Gasteiger partial charge in [-0.1, -0.05) is 6.92 Å². The van der Waals surface area contributed by atoms with Crippen LogP contribution in [-0.2, 0) is 18.9 Å². The molecule has 2 heterocycles. The van der Waals surface area contributed by atoms with Gasteiger partial charge in [-0.25, -0.2) is 0 Å². The molecular formula is C15H28O11. The monoisotopic (exact) mass is 384 g/mol. The predicted octanol–water partition coefficient (Wildman–Crippen LogP) is -3.96. The third-order valence-corrected chi connectivity index (χ3v) is 4.45. The highest BCUT2D eigenvalue weighted by Crippen LogP contribution is 2.29. The van der Waals surface area contributed by atoms with Gasteiger partial charge in [0, 0.05) is 6.61 Å². The zero-order valence-electron chi connectivity index (χ0n) is 14.4. The lowest BCUT2D eigenvalue weighted by Gasteiger charge is -2.45. The molecular weight excluding hydrogens is 356 g/mol. The number of rotatable bonds is 7. The van der Waals surface area contributed by atoms with Crippen LogP contribution in [0.5, 0.6) is 0 Å². The summed E-state index contributed by atoms with van der Waals surface area (Å²) in [7, 11) is 0. The maximum Gasteiger partial charge on any atom is 0.187 e. The van der Waals surface area contributed by atoms with Gasteiger partial charge in [0.15, 0.2) is 12.6 Å². The molecule has 0 amide bonds. The quantitative estimate of drug-likeness (QED) is 0.228. The number of aliphatic hydroxyl groups is 7. The Labute approximate surface area is 150 Å². The minimum atomic E-state index is -1.69. The summed E-state index contributed by atoms with van der Waals surface area (Å²) in [6.07, 6.45) is -13.6. The van der Waals surface area contributed by atoms with E-state index in [0.29, 0.717) is 6.42 Å². The summed E-state index contributed by atoms with van der Waals surface area (Å²) in [6.45, 7) is 0.885. The molecule has 0 aromatic carbocycles. The Morgan fingerprint density at radius 3 is 1.88 bits per heavy atom. The smallest absolute Gasteiger partial charge is 0.187 e. The van der Waals surface area contributed by atoms with Crippen molar-refractivity contribution in [1.29, 1.82) is 0 Å². The summed E-state index contributed by atoms with van der Waals surface area (Å²) in [5, 5.41) is 68.7. The van der Waals surface area contributed by atoms with Gasteiger partial charge in [-0.2, -0.15) is 0 Å². The maximum absolute atomic E-state index is 10.3. The van der Waals surface area contributed by atoms with Crippen molar-refractivity contribution in [1.82, 2.24) is 0 Å². The van der Waals surface area contributed by atoms with E-state index in [1.54, 1.807) is 0 Å². The van der Waals surface area contributed by atoms with Crippen molar-refractivity contribution in [3.05, 3.63) is 0 Å². The highest BCUT2D eigenvalue weighted by atomic mass is 16.7. The van der Waals surface area contributed by atoms with E-state index in [1.807, 2.05) is 6.92 Å². The minimum absolute atomic E-state index is 0.269. The molecule has 2 aliphatic rings. The van der Waals surface area contributed by atoms with E-state index in [2.05, 4.69) is 0 Å². The van der Waals surface area contributed by atoms with Crippen LogP contribution in [-0.4, -0.2) is 117 Å².